The lowest BCUT2D eigenvalue weighted by Crippen LogP contribution is -2.55. The molecule has 5 aliphatic carbocycles. The Hall–Kier alpha value is -6.77. The highest BCUT2D eigenvalue weighted by Gasteiger charge is 2.62. The Labute approximate surface area is 363 Å². The minimum Gasteiger partial charge on any atom is -0.308 e. The van der Waals surface area contributed by atoms with Gasteiger partial charge in [-0.15, -0.1) is 0 Å². The third kappa shape index (κ3) is 5.32. The first-order chi connectivity index (χ1) is 30.6. The molecule has 0 aliphatic heterocycles. The van der Waals surface area contributed by atoms with Crippen LogP contribution in [-0.2, 0) is 5.41 Å². The molecule has 62 heavy (non-hydrogen) atoms. The van der Waals surface area contributed by atoms with Gasteiger partial charge in [-0.25, -0.2) is 4.39 Å². The van der Waals surface area contributed by atoms with Crippen molar-refractivity contribution in [1.82, 2.24) is 0 Å². The summed E-state index contributed by atoms with van der Waals surface area (Å²) in [6.07, 6.45) is 6.52. The molecular formula is C60H46FN. The summed E-state index contributed by atoms with van der Waals surface area (Å²) in [5.41, 5.74) is 14.9. The third-order valence-electron chi connectivity index (χ3n) is 15.5. The molecule has 0 aromatic heterocycles. The molecule has 9 aromatic rings. The molecule has 4 fully saturated rings. The van der Waals surface area contributed by atoms with E-state index in [4.69, 9.17) is 0 Å². The van der Waals surface area contributed by atoms with E-state index in [1.54, 1.807) is 6.07 Å². The van der Waals surface area contributed by atoms with Crippen LogP contribution in [0.5, 0.6) is 0 Å². The third-order valence-corrected chi connectivity index (χ3v) is 15.5. The van der Waals surface area contributed by atoms with Crippen LogP contribution < -0.4 is 4.90 Å². The second-order valence-electron chi connectivity index (χ2n) is 18.6. The van der Waals surface area contributed by atoms with Crippen LogP contribution in [0.3, 0.4) is 0 Å². The minimum absolute atomic E-state index is 0.122. The quantitative estimate of drug-likeness (QED) is 0.151. The molecule has 5 aliphatic rings. The maximum absolute atomic E-state index is 17.2. The van der Waals surface area contributed by atoms with Gasteiger partial charge in [0.25, 0.3) is 0 Å². The van der Waals surface area contributed by atoms with Crippen molar-refractivity contribution >= 4 is 38.6 Å². The minimum atomic E-state index is -0.242. The highest BCUT2D eigenvalue weighted by molar-refractivity contribution is 6.16. The number of anilines is 3. The van der Waals surface area contributed by atoms with Crippen molar-refractivity contribution in [3.05, 3.63) is 211 Å². The van der Waals surface area contributed by atoms with Crippen molar-refractivity contribution in [2.45, 2.75) is 37.5 Å². The number of benzene rings is 9. The average molecular weight is 800 g/mol. The van der Waals surface area contributed by atoms with Crippen LogP contribution in [0.4, 0.5) is 21.5 Å². The molecule has 0 saturated heterocycles. The number of hydrogen-bond acceptors (Lipinski definition) is 1. The Morgan fingerprint density at radius 1 is 0.403 bits per heavy atom. The van der Waals surface area contributed by atoms with Gasteiger partial charge in [-0.2, -0.15) is 0 Å². The summed E-state index contributed by atoms with van der Waals surface area (Å²) in [6.45, 7) is 0. The van der Waals surface area contributed by atoms with E-state index >= 15 is 4.39 Å². The number of nitrogens with zero attached hydrogens (tertiary/aromatic N) is 1. The molecule has 0 radical (unpaired) electrons. The number of hydrogen-bond donors (Lipinski definition) is 0. The Morgan fingerprint density at radius 3 is 1.66 bits per heavy atom. The Morgan fingerprint density at radius 2 is 0.984 bits per heavy atom. The van der Waals surface area contributed by atoms with E-state index in [1.807, 2.05) is 24.3 Å². The molecule has 0 unspecified atom stereocenters. The molecule has 0 atom stereocenters. The standard InChI is InChI=1S/C60H46FN/c61-57-35-43(41-16-6-2-7-17-41)25-27-58(57)62(47-19-8-3-9-20-47)48-36-53(52-34-44-18-10-11-21-49(44)50-22-12-13-23-51(50)52)59-54-33-42(40-14-4-1-5-15-40)24-26-55(54)60(56(59)37-48)45-29-38-28-39(31-45)32-46(60)30-38/h1-27,33-39,45-46H,28-32H2. The molecule has 1 nitrogen and oxygen atoms in total. The fraction of sp³-hybridized carbons (Fsp3) is 0.167. The van der Waals surface area contributed by atoms with Gasteiger partial charge in [-0.1, -0.05) is 146 Å². The van der Waals surface area contributed by atoms with Gasteiger partial charge in [0.2, 0.25) is 0 Å². The van der Waals surface area contributed by atoms with Gasteiger partial charge in [-0.05, 0) is 181 Å². The number of halogens is 1. The smallest absolute Gasteiger partial charge is 0.147 e. The van der Waals surface area contributed by atoms with Crippen LogP contribution in [-0.4, -0.2) is 0 Å². The summed E-state index contributed by atoms with van der Waals surface area (Å²) in [5.74, 6) is 2.50. The molecule has 14 rings (SSSR count). The molecule has 0 N–H and O–H groups in total. The largest absolute Gasteiger partial charge is 0.308 e. The summed E-state index contributed by atoms with van der Waals surface area (Å²) in [7, 11) is 0. The highest BCUT2D eigenvalue weighted by Crippen LogP contribution is 2.71. The lowest BCUT2D eigenvalue weighted by Gasteiger charge is -2.61. The normalized spacial score (nSPS) is 21.7. The highest BCUT2D eigenvalue weighted by atomic mass is 19.1. The van der Waals surface area contributed by atoms with E-state index in [-0.39, 0.29) is 11.2 Å². The first-order valence-corrected chi connectivity index (χ1v) is 22.6. The molecule has 4 bridgehead atoms. The summed E-state index contributed by atoms with van der Waals surface area (Å²) in [4.78, 5) is 2.19. The van der Waals surface area contributed by atoms with Gasteiger partial charge in [0.1, 0.15) is 5.82 Å². The van der Waals surface area contributed by atoms with Crippen LogP contribution in [0.1, 0.15) is 43.2 Å². The van der Waals surface area contributed by atoms with Crippen LogP contribution in [0.2, 0.25) is 0 Å². The first kappa shape index (κ1) is 35.9. The number of para-hydroxylation sites is 1. The Bertz CT molecular complexity index is 3180. The summed E-state index contributed by atoms with van der Waals surface area (Å²) < 4.78 is 17.2. The molecule has 4 saturated carbocycles. The monoisotopic (exact) mass is 799 g/mol. The number of rotatable bonds is 6. The van der Waals surface area contributed by atoms with Gasteiger partial charge in [0.15, 0.2) is 0 Å². The van der Waals surface area contributed by atoms with Crippen molar-refractivity contribution in [1.29, 1.82) is 0 Å². The van der Waals surface area contributed by atoms with E-state index in [9.17, 15) is 0 Å². The molecule has 0 amide bonds. The molecular weight excluding hydrogens is 754 g/mol. The second-order valence-corrected chi connectivity index (χ2v) is 18.6. The maximum Gasteiger partial charge on any atom is 0.147 e. The van der Waals surface area contributed by atoms with Gasteiger partial charge < -0.3 is 4.90 Å². The summed E-state index contributed by atoms with van der Waals surface area (Å²) in [5, 5.41) is 4.98. The lowest BCUT2D eigenvalue weighted by molar-refractivity contribution is -0.0399. The van der Waals surface area contributed by atoms with Crippen LogP contribution in [0, 0.1) is 29.5 Å². The van der Waals surface area contributed by atoms with E-state index in [0.717, 1.165) is 34.3 Å². The van der Waals surface area contributed by atoms with Gasteiger partial charge in [0, 0.05) is 16.8 Å². The first-order valence-electron chi connectivity index (χ1n) is 22.6. The Balaban J connectivity index is 1.15. The van der Waals surface area contributed by atoms with E-state index in [2.05, 4.69) is 169 Å². The van der Waals surface area contributed by atoms with Crippen molar-refractivity contribution in [3.8, 4) is 44.5 Å². The fourth-order valence-corrected chi connectivity index (χ4v) is 13.2. The van der Waals surface area contributed by atoms with E-state index in [1.165, 1.54) is 98.2 Å². The van der Waals surface area contributed by atoms with Crippen molar-refractivity contribution in [2.75, 3.05) is 4.90 Å². The fourth-order valence-electron chi connectivity index (χ4n) is 13.2. The summed E-state index contributed by atoms with van der Waals surface area (Å²) >= 11 is 0. The van der Waals surface area contributed by atoms with Crippen LogP contribution in [0.25, 0.3) is 66.1 Å². The van der Waals surface area contributed by atoms with E-state index in [0.29, 0.717) is 17.5 Å². The molecule has 298 valence electrons. The maximum atomic E-state index is 17.2. The predicted molar refractivity (Wildman–Crippen MR) is 256 cm³/mol. The zero-order valence-electron chi connectivity index (χ0n) is 34.6. The van der Waals surface area contributed by atoms with Crippen LogP contribution in [0.15, 0.2) is 194 Å². The summed E-state index contributed by atoms with van der Waals surface area (Å²) in [6, 6.07) is 69.8. The SMILES string of the molecule is Fc1cc(-c2ccccc2)ccc1N(c1ccccc1)c1cc(-c2cc3ccccc3c3ccccc23)c2c(c1)C1(c3ccc(-c4ccccc4)cc3-2)C2CC3CC(C2)CC1C3. The van der Waals surface area contributed by atoms with Crippen LogP contribution >= 0.6 is 0 Å². The number of fused-ring (bicyclic) bond motifs is 6. The van der Waals surface area contributed by atoms with E-state index < -0.39 is 0 Å². The predicted octanol–water partition coefficient (Wildman–Crippen LogP) is 16.3. The zero-order valence-corrected chi connectivity index (χ0v) is 34.6. The van der Waals surface area contributed by atoms with Gasteiger partial charge >= 0.3 is 0 Å². The second kappa shape index (κ2) is 13.9. The van der Waals surface area contributed by atoms with Gasteiger partial charge in [-0.3, -0.25) is 0 Å². The van der Waals surface area contributed by atoms with Crippen molar-refractivity contribution in [2.24, 2.45) is 23.7 Å². The van der Waals surface area contributed by atoms with Crippen molar-refractivity contribution in [3.63, 3.8) is 0 Å². The zero-order chi connectivity index (χ0) is 40.9. The Kier molecular flexibility index (Phi) is 8.04. The van der Waals surface area contributed by atoms with Crippen molar-refractivity contribution < 1.29 is 4.39 Å². The molecule has 2 heteroatoms. The average Bonchev–Trinajstić information content (AvgIpc) is 3.61. The molecule has 1 spiro atoms. The topological polar surface area (TPSA) is 3.24 Å². The molecule has 0 heterocycles. The lowest BCUT2D eigenvalue weighted by atomic mass is 9.43. The van der Waals surface area contributed by atoms with Gasteiger partial charge in [0.05, 0.1) is 5.69 Å². The molecule has 9 aromatic carbocycles.